The Bertz CT molecular complexity index is 3510. The van der Waals surface area contributed by atoms with Gasteiger partial charge in [-0.3, -0.25) is 14.7 Å². The van der Waals surface area contributed by atoms with E-state index in [0.29, 0.717) is 55.4 Å². The molecule has 4 aromatic carbocycles. The minimum Gasteiger partial charge on any atom is -0.390 e. The second kappa shape index (κ2) is 20.4. The van der Waals surface area contributed by atoms with E-state index < -0.39 is 31.9 Å². The van der Waals surface area contributed by atoms with Crippen LogP contribution in [0.3, 0.4) is 0 Å². The number of nitrogens with zero attached hydrogens (tertiary/aromatic N) is 11. The van der Waals surface area contributed by atoms with Crippen molar-refractivity contribution in [3.8, 4) is 22.3 Å². The molecule has 74 heavy (non-hydrogen) atoms. The fourth-order valence-electron chi connectivity index (χ4n) is 10.7. The quantitative estimate of drug-likeness (QED) is 0.118. The van der Waals surface area contributed by atoms with Crippen LogP contribution >= 0.6 is 0 Å². The molecule has 0 radical (unpaired) electrons. The number of morpholine rings is 1. The van der Waals surface area contributed by atoms with Crippen LogP contribution < -0.4 is 20.0 Å². The number of benzene rings is 4. The van der Waals surface area contributed by atoms with E-state index >= 15 is 0 Å². The SMILES string of the molecule is C[C@H](O)C(N1CCN(c2cccc(Nc3nc4c(-c5ccc(S(C)(=O)=O)cc5)cccn4n3)c2)CC1)N(c1cccc(N2CCC(N3CCOCC3)CC2)c1)c1nc2c(-c3ccc(S(C)(=O)=O)cc3)cccn2n1. The fourth-order valence-corrected chi connectivity index (χ4v) is 11.9. The first-order valence-corrected chi connectivity index (χ1v) is 28.8. The van der Waals surface area contributed by atoms with Crippen LogP contribution in [0.4, 0.5) is 34.6 Å². The zero-order chi connectivity index (χ0) is 51.1. The van der Waals surface area contributed by atoms with Crippen molar-refractivity contribution in [1.29, 1.82) is 0 Å². The summed E-state index contributed by atoms with van der Waals surface area (Å²) in [6.45, 7) is 9.85. The first-order valence-electron chi connectivity index (χ1n) is 25.1. The van der Waals surface area contributed by atoms with Crippen molar-refractivity contribution in [2.75, 3.05) is 98.1 Å². The maximum Gasteiger partial charge on any atom is 0.251 e. The minimum atomic E-state index is -3.38. The third-order valence-corrected chi connectivity index (χ3v) is 16.7. The van der Waals surface area contributed by atoms with Gasteiger partial charge in [-0.25, -0.2) is 25.9 Å². The van der Waals surface area contributed by atoms with Crippen LogP contribution in [-0.4, -0.2) is 157 Å². The van der Waals surface area contributed by atoms with Crippen molar-refractivity contribution in [3.63, 3.8) is 0 Å². The first kappa shape index (κ1) is 49.3. The number of hydrogen-bond donors (Lipinski definition) is 2. The molecule has 0 spiro atoms. The number of aliphatic hydroxyl groups is 1. The molecule has 3 fully saturated rings. The Morgan fingerprint density at radius 3 is 1.78 bits per heavy atom. The maximum atomic E-state index is 12.3. The Kier molecular flexibility index (Phi) is 13.6. The second-order valence-corrected chi connectivity index (χ2v) is 23.5. The van der Waals surface area contributed by atoms with E-state index in [4.69, 9.17) is 24.9 Å². The molecule has 2 N–H and O–H groups in total. The molecule has 7 heterocycles. The molecule has 384 valence electrons. The van der Waals surface area contributed by atoms with Crippen molar-refractivity contribution >= 4 is 65.6 Å². The number of nitrogens with one attached hydrogen (secondary N) is 1. The molecule has 2 atom stereocenters. The van der Waals surface area contributed by atoms with Crippen LogP contribution in [0.2, 0.25) is 0 Å². The number of sulfone groups is 2. The molecule has 3 aliphatic rings. The van der Waals surface area contributed by atoms with Crippen LogP contribution in [-0.2, 0) is 24.4 Å². The van der Waals surface area contributed by atoms with Gasteiger partial charge in [-0.1, -0.05) is 36.4 Å². The Hall–Kier alpha value is -6.94. The van der Waals surface area contributed by atoms with Gasteiger partial charge < -0.3 is 25.0 Å². The number of ether oxygens (including phenoxy) is 1. The fraction of sp³-hybridized carbons (Fsp3) is 0.333. The predicted octanol–water partition coefficient (Wildman–Crippen LogP) is 6.62. The molecule has 1 unspecified atom stereocenters. The first-order chi connectivity index (χ1) is 35.7. The lowest BCUT2D eigenvalue weighted by atomic mass is 10.0. The molecular weight excluding hydrogens is 977 g/mol. The van der Waals surface area contributed by atoms with Gasteiger partial charge in [0.2, 0.25) is 5.95 Å². The largest absolute Gasteiger partial charge is 0.390 e. The van der Waals surface area contributed by atoms with Gasteiger partial charge in [0.05, 0.1) is 29.1 Å². The monoisotopic (exact) mass is 1040 g/mol. The van der Waals surface area contributed by atoms with Gasteiger partial charge >= 0.3 is 0 Å². The van der Waals surface area contributed by atoms with Gasteiger partial charge in [0.15, 0.2) is 31.0 Å². The number of piperazine rings is 1. The molecular formula is C54H60N12O6S2. The second-order valence-electron chi connectivity index (χ2n) is 19.4. The zero-order valence-electron chi connectivity index (χ0n) is 41.6. The lowest BCUT2D eigenvalue weighted by molar-refractivity contribution is 0.0115. The van der Waals surface area contributed by atoms with E-state index in [0.717, 1.165) is 97.2 Å². The molecule has 0 amide bonds. The molecule has 3 saturated heterocycles. The summed E-state index contributed by atoms with van der Waals surface area (Å²) < 4.78 is 58.0. The lowest BCUT2D eigenvalue weighted by Crippen LogP contribution is -2.59. The number of hydrogen-bond acceptors (Lipinski definition) is 16. The average Bonchev–Trinajstić information content (AvgIpc) is 4.04. The van der Waals surface area contributed by atoms with Crippen LogP contribution in [0.25, 0.3) is 33.5 Å². The van der Waals surface area contributed by atoms with Crippen LogP contribution in [0, 0.1) is 0 Å². The Morgan fingerprint density at radius 2 is 1.19 bits per heavy atom. The van der Waals surface area contributed by atoms with Gasteiger partial charge in [0.1, 0.15) is 6.17 Å². The number of rotatable bonds is 14. The summed E-state index contributed by atoms with van der Waals surface area (Å²) in [6, 6.07) is 38.5. The summed E-state index contributed by atoms with van der Waals surface area (Å²) in [5, 5.41) is 25.2. The number of fused-ring (bicyclic) bond motifs is 2. The van der Waals surface area contributed by atoms with Gasteiger partial charge in [-0.2, -0.15) is 9.97 Å². The van der Waals surface area contributed by atoms with E-state index in [1.807, 2.05) is 55.7 Å². The lowest BCUT2D eigenvalue weighted by Gasteiger charge is -2.45. The normalized spacial score (nSPS) is 17.5. The number of anilines is 6. The molecule has 8 aromatic rings. The van der Waals surface area contributed by atoms with Crippen LogP contribution in [0.15, 0.2) is 144 Å². The Morgan fingerprint density at radius 1 is 0.635 bits per heavy atom. The highest BCUT2D eigenvalue weighted by atomic mass is 32.2. The third-order valence-electron chi connectivity index (χ3n) is 14.5. The van der Waals surface area contributed by atoms with Gasteiger partial charge in [0.25, 0.3) is 5.95 Å². The van der Waals surface area contributed by atoms with Crippen LogP contribution in [0.5, 0.6) is 0 Å². The Labute approximate surface area is 431 Å². The third kappa shape index (κ3) is 10.3. The molecule has 3 aliphatic heterocycles. The van der Waals surface area contributed by atoms with Crippen molar-refractivity contribution < 1.29 is 26.7 Å². The molecule has 0 aliphatic carbocycles. The minimum absolute atomic E-state index is 0.241. The molecule has 11 rings (SSSR count). The summed E-state index contributed by atoms with van der Waals surface area (Å²) in [7, 11) is -6.71. The molecule has 18 nitrogen and oxygen atoms in total. The number of piperidine rings is 1. The highest BCUT2D eigenvalue weighted by molar-refractivity contribution is 7.91. The van der Waals surface area contributed by atoms with E-state index in [9.17, 15) is 21.9 Å². The zero-order valence-corrected chi connectivity index (χ0v) is 43.3. The Balaban J connectivity index is 0.857. The van der Waals surface area contributed by atoms with Gasteiger partial charge in [-0.15, -0.1) is 10.2 Å². The van der Waals surface area contributed by atoms with Crippen molar-refractivity contribution in [3.05, 3.63) is 134 Å². The molecule has 20 heteroatoms. The number of aliphatic hydroxyl groups excluding tert-OH is 1. The number of aromatic nitrogens is 6. The topological polar surface area (TPSA) is 186 Å². The molecule has 0 bridgehead atoms. The van der Waals surface area contributed by atoms with Gasteiger partial charge in [-0.05, 0) is 116 Å². The van der Waals surface area contributed by atoms with Crippen molar-refractivity contribution in [2.24, 2.45) is 0 Å². The predicted molar refractivity (Wildman–Crippen MR) is 288 cm³/mol. The van der Waals surface area contributed by atoms with E-state index in [1.165, 1.54) is 12.5 Å². The summed E-state index contributed by atoms with van der Waals surface area (Å²) in [5.74, 6) is 0.851. The average molecular weight is 1040 g/mol. The van der Waals surface area contributed by atoms with E-state index in [1.54, 1.807) is 57.6 Å². The highest BCUT2D eigenvalue weighted by Crippen LogP contribution is 2.36. The standard InChI is InChI=1S/C54H60N12O6S2/c1-38(67)52(63-30-28-61(29-31-63)43-9-4-8-41(36-43)55-53-56-50-48(12-6-24-64(50)58-53)39-14-18-46(19-15-39)73(2,68)69)66(45-11-5-10-44(37-45)60-26-22-42(23-27-60)62-32-34-72-35-33-62)54-57-51-49(13-7-25-65(51)59-54)40-16-20-47(21-17-40)74(3,70)71/h4-21,24-25,36-38,42,52,67H,22-23,26-35H2,1-3H3,(H,55,58)/t38-,52?/m0/s1. The summed E-state index contributed by atoms with van der Waals surface area (Å²) in [4.78, 5) is 22.3. The van der Waals surface area contributed by atoms with E-state index in [-0.39, 0.29) is 9.79 Å². The smallest absolute Gasteiger partial charge is 0.251 e. The van der Waals surface area contributed by atoms with E-state index in [2.05, 4.69) is 66.2 Å². The maximum absolute atomic E-state index is 12.3. The summed E-state index contributed by atoms with van der Waals surface area (Å²) in [6.07, 6.45) is 6.85. The van der Waals surface area contributed by atoms with Crippen molar-refractivity contribution in [2.45, 2.75) is 47.9 Å². The molecule has 4 aromatic heterocycles. The van der Waals surface area contributed by atoms with Gasteiger partial charge in [0, 0.05) is 117 Å². The number of pyridine rings is 2. The summed E-state index contributed by atoms with van der Waals surface area (Å²) >= 11 is 0. The molecule has 0 saturated carbocycles. The summed E-state index contributed by atoms with van der Waals surface area (Å²) in [5.41, 5.74) is 8.29. The van der Waals surface area contributed by atoms with Crippen molar-refractivity contribution in [1.82, 2.24) is 39.0 Å². The van der Waals surface area contributed by atoms with Crippen LogP contribution in [0.1, 0.15) is 19.8 Å². The highest BCUT2D eigenvalue weighted by Gasteiger charge is 2.36.